The summed E-state index contributed by atoms with van der Waals surface area (Å²) in [6.45, 7) is 1.92. The van der Waals surface area contributed by atoms with Gasteiger partial charge in [0.25, 0.3) is 5.91 Å². The standard InChI is InChI=1S/C11H9IN2OS/c1-7-5-13-3-2-9(7)14-11(15)8-4-10(12)16-6-8/h2-6H,1H3,(H,13,14,15). The van der Waals surface area contributed by atoms with Crippen LogP contribution in [0.25, 0.3) is 0 Å². The number of pyridine rings is 1. The molecule has 0 radical (unpaired) electrons. The maximum Gasteiger partial charge on any atom is 0.256 e. The Morgan fingerprint density at radius 2 is 2.38 bits per heavy atom. The van der Waals surface area contributed by atoms with E-state index in [0.717, 1.165) is 14.1 Å². The number of hydrogen-bond donors (Lipinski definition) is 1. The predicted octanol–water partition coefficient (Wildman–Crippen LogP) is 3.31. The van der Waals surface area contributed by atoms with Crippen LogP contribution in [-0.4, -0.2) is 10.9 Å². The molecule has 5 heteroatoms. The topological polar surface area (TPSA) is 42.0 Å². The van der Waals surface area contributed by atoms with E-state index < -0.39 is 0 Å². The molecular weight excluding hydrogens is 335 g/mol. The molecule has 0 aliphatic rings. The highest BCUT2D eigenvalue weighted by Gasteiger charge is 2.09. The van der Waals surface area contributed by atoms with E-state index in [2.05, 4.69) is 32.9 Å². The van der Waals surface area contributed by atoms with Crippen LogP contribution >= 0.6 is 33.9 Å². The molecule has 1 N–H and O–H groups in total. The third kappa shape index (κ3) is 2.59. The summed E-state index contributed by atoms with van der Waals surface area (Å²) in [7, 11) is 0. The number of aryl methyl sites for hydroxylation is 1. The number of thiophene rings is 1. The molecule has 2 rings (SSSR count). The van der Waals surface area contributed by atoms with Crippen LogP contribution in [0.1, 0.15) is 15.9 Å². The van der Waals surface area contributed by atoms with Crippen LogP contribution in [0.15, 0.2) is 29.9 Å². The zero-order chi connectivity index (χ0) is 11.5. The normalized spacial score (nSPS) is 10.1. The van der Waals surface area contributed by atoms with Gasteiger partial charge in [-0.25, -0.2) is 0 Å². The van der Waals surface area contributed by atoms with E-state index in [1.54, 1.807) is 29.8 Å². The molecule has 0 fully saturated rings. The van der Waals surface area contributed by atoms with Gasteiger partial charge in [-0.1, -0.05) is 0 Å². The number of aromatic nitrogens is 1. The summed E-state index contributed by atoms with van der Waals surface area (Å²) in [6.07, 6.45) is 3.40. The highest BCUT2D eigenvalue weighted by Crippen LogP contribution is 2.19. The van der Waals surface area contributed by atoms with Crippen LogP contribution < -0.4 is 5.32 Å². The van der Waals surface area contributed by atoms with Crippen molar-refractivity contribution in [3.05, 3.63) is 43.9 Å². The van der Waals surface area contributed by atoms with E-state index in [1.807, 2.05) is 18.4 Å². The fraction of sp³-hybridized carbons (Fsp3) is 0.0909. The van der Waals surface area contributed by atoms with Gasteiger partial charge in [0, 0.05) is 23.5 Å². The summed E-state index contributed by atoms with van der Waals surface area (Å²) in [6, 6.07) is 3.67. The molecule has 16 heavy (non-hydrogen) atoms. The average molecular weight is 344 g/mol. The molecule has 3 nitrogen and oxygen atoms in total. The number of carbonyl (C=O) groups excluding carboxylic acids is 1. The second-order valence-corrected chi connectivity index (χ2v) is 6.09. The number of hydrogen-bond acceptors (Lipinski definition) is 3. The molecule has 2 aromatic rings. The molecule has 82 valence electrons. The van der Waals surface area contributed by atoms with Gasteiger partial charge in [-0.3, -0.25) is 9.78 Å². The van der Waals surface area contributed by atoms with Gasteiger partial charge in [-0.05, 0) is 47.2 Å². The van der Waals surface area contributed by atoms with Crippen LogP contribution in [0.4, 0.5) is 5.69 Å². The van der Waals surface area contributed by atoms with Crippen LogP contribution in [0.5, 0.6) is 0 Å². The smallest absolute Gasteiger partial charge is 0.256 e. The van der Waals surface area contributed by atoms with E-state index in [0.29, 0.717) is 5.56 Å². The van der Waals surface area contributed by atoms with Crippen LogP contribution in [0, 0.1) is 9.81 Å². The van der Waals surface area contributed by atoms with Crippen molar-refractivity contribution >= 4 is 45.5 Å². The molecule has 2 heterocycles. The van der Waals surface area contributed by atoms with E-state index >= 15 is 0 Å². The van der Waals surface area contributed by atoms with Crippen molar-refractivity contribution in [2.24, 2.45) is 0 Å². The largest absolute Gasteiger partial charge is 0.322 e. The van der Waals surface area contributed by atoms with E-state index in [-0.39, 0.29) is 5.91 Å². The third-order valence-corrected chi connectivity index (χ3v) is 3.89. The lowest BCUT2D eigenvalue weighted by atomic mass is 10.2. The quantitative estimate of drug-likeness (QED) is 0.850. The van der Waals surface area contributed by atoms with Crippen molar-refractivity contribution < 1.29 is 4.79 Å². The summed E-state index contributed by atoms with van der Waals surface area (Å²) in [4.78, 5) is 15.8. The second-order valence-electron chi connectivity index (χ2n) is 3.28. The Morgan fingerprint density at radius 3 is 3.00 bits per heavy atom. The van der Waals surface area contributed by atoms with Crippen molar-refractivity contribution in [3.63, 3.8) is 0 Å². The van der Waals surface area contributed by atoms with Crippen LogP contribution in [0.3, 0.4) is 0 Å². The third-order valence-electron chi connectivity index (χ3n) is 2.10. The van der Waals surface area contributed by atoms with Gasteiger partial charge >= 0.3 is 0 Å². The van der Waals surface area contributed by atoms with Crippen LogP contribution in [-0.2, 0) is 0 Å². The number of anilines is 1. The van der Waals surface area contributed by atoms with Gasteiger partial charge in [0.15, 0.2) is 0 Å². The highest BCUT2D eigenvalue weighted by molar-refractivity contribution is 14.1. The maximum atomic E-state index is 11.9. The molecule has 0 aliphatic heterocycles. The first-order chi connectivity index (χ1) is 7.66. The summed E-state index contributed by atoms with van der Waals surface area (Å²) in [5, 5.41) is 4.72. The lowest BCUT2D eigenvalue weighted by molar-refractivity contribution is 0.102. The second kappa shape index (κ2) is 4.92. The lowest BCUT2D eigenvalue weighted by Gasteiger charge is -2.05. The van der Waals surface area contributed by atoms with E-state index in [4.69, 9.17) is 0 Å². The molecule has 0 spiro atoms. The molecule has 0 saturated heterocycles. The first kappa shape index (κ1) is 11.5. The number of amides is 1. The Kier molecular flexibility index (Phi) is 3.55. The van der Waals surface area contributed by atoms with Crippen LogP contribution in [0.2, 0.25) is 0 Å². The molecule has 0 bridgehead atoms. The van der Waals surface area contributed by atoms with Gasteiger partial charge in [-0.15, -0.1) is 11.3 Å². The van der Waals surface area contributed by atoms with E-state index in [1.165, 1.54) is 0 Å². The molecule has 1 amide bonds. The van der Waals surface area contributed by atoms with Crippen molar-refractivity contribution in [1.29, 1.82) is 0 Å². The predicted molar refractivity (Wildman–Crippen MR) is 74.0 cm³/mol. The Balaban J connectivity index is 2.17. The number of carbonyl (C=O) groups is 1. The lowest BCUT2D eigenvalue weighted by Crippen LogP contribution is -2.11. The summed E-state index contributed by atoms with van der Waals surface area (Å²) in [5.41, 5.74) is 2.47. The fourth-order valence-corrected chi connectivity index (χ4v) is 2.56. The first-order valence-electron chi connectivity index (χ1n) is 4.63. The molecule has 2 aromatic heterocycles. The minimum atomic E-state index is -0.0755. The number of rotatable bonds is 2. The van der Waals surface area contributed by atoms with Gasteiger partial charge in [0.05, 0.1) is 8.45 Å². The molecule has 0 atom stereocenters. The number of halogens is 1. The van der Waals surface area contributed by atoms with Crippen molar-refractivity contribution in [2.45, 2.75) is 6.92 Å². The Hall–Kier alpha value is -0.950. The minimum absolute atomic E-state index is 0.0755. The highest BCUT2D eigenvalue weighted by atomic mass is 127. The monoisotopic (exact) mass is 344 g/mol. The van der Waals surface area contributed by atoms with Gasteiger partial charge in [-0.2, -0.15) is 0 Å². The fourth-order valence-electron chi connectivity index (χ4n) is 1.24. The zero-order valence-corrected chi connectivity index (χ0v) is 11.5. The maximum absolute atomic E-state index is 11.9. The average Bonchev–Trinajstić information content (AvgIpc) is 2.68. The number of nitrogens with one attached hydrogen (secondary N) is 1. The summed E-state index contributed by atoms with van der Waals surface area (Å²) in [5.74, 6) is -0.0755. The molecule has 0 unspecified atom stereocenters. The zero-order valence-electron chi connectivity index (χ0n) is 8.53. The minimum Gasteiger partial charge on any atom is -0.322 e. The Labute approximate surface area is 111 Å². The van der Waals surface area contributed by atoms with E-state index in [9.17, 15) is 4.79 Å². The molecular formula is C11H9IN2OS. The van der Waals surface area contributed by atoms with Gasteiger partial charge in [0.1, 0.15) is 0 Å². The number of nitrogens with zero attached hydrogens (tertiary/aromatic N) is 1. The Morgan fingerprint density at radius 1 is 1.56 bits per heavy atom. The summed E-state index contributed by atoms with van der Waals surface area (Å²) < 4.78 is 1.11. The molecule has 0 saturated carbocycles. The molecule has 0 aliphatic carbocycles. The van der Waals surface area contributed by atoms with Crippen molar-refractivity contribution in [3.8, 4) is 0 Å². The SMILES string of the molecule is Cc1cnccc1NC(=O)c1csc(I)c1. The first-order valence-corrected chi connectivity index (χ1v) is 6.58. The Bertz CT molecular complexity index is 524. The van der Waals surface area contributed by atoms with Gasteiger partial charge in [0.2, 0.25) is 0 Å². The molecule has 0 aromatic carbocycles. The summed E-state index contributed by atoms with van der Waals surface area (Å²) >= 11 is 3.76. The van der Waals surface area contributed by atoms with Crippen molar-refractivity contribution in [1.82, 2.24) is 4.98 Å². The van der Waals surface area contributed by atoms with Gasteiger partial charge < -0.3 is 5.32 Å². The van der Waals surface area contributed by atoms with Crippen molar-refractivity contribution in [2.75, 3.05) is 5.32 Å².